The molecule has 2 rings (SSSR count). The molecule has 1 aromatic carbocycles. The SMILES string of the molecule is CCCc1ccccc1.NC(=O)OC[n+]1ccc(C(=O)NCCCC(=O)O)cc1.[Cl-]. The van der Waals surface area contributed by atoms with E-state index in [9.17, 15) is 14.4 Å². The lowest BCUT2D eigenvalue weighted by Gasteiger charge is -2.03. The van der Waals surface area contributed by atoms with Gasteiger partial charge in [-0.15, -0.1) is 0 Å². The van der Waals surface area contributed by atoms with Gasteiger partial charge in [0.15, 0.2) is 12.4 Å². The first-order valence-corrected chi connectivity index (χ1v) is 9.37. The number of nitrogens with one attached hydrogen (secondary N) is 1. The van der Waals surface area contributed by atoms with Crippen LogP contribution in [0.2, 0.25) is 0 Å². The molecule has 4 N–H and O–H groups in total. The van der Waals surface area contributed by atoms with E-state index in [1.54, 1.807) is 24.5 Å². The Balaban J connectivity index is 0.000000704. The van der Waals surface area contributed by atoms with Crippen molar-refractivity contribution in [2.45, 2.75) is 39.3 Å². The smallest absolute Gasteiger partial charge is 0.409 e. The number of primary amides is 1. The van der Waals surface area contributed by atoms with Gasteiger partial charge in [-0.3, -0.25) is 9.59 Å². The summed E-state index contributed by atoms with van der Waals surface area (Å²) in [5.41, 5.74) is 6.70. The number of rotatable bonds is 9. The van der Waals surface area contributed by atoms with Crippen molar-refractivity contribution in [3.05, 3.63) is 66.0 Å². The van der Waals surface area contributed by atoms with E-state index in [1.165, 1.54) is 23.0 Å². The molecule has 0 aliphatic rings. The number of carbonyl (C=O) groups is 3. The van der Waals surface area contributed by atoms with Gasteiger partial charge in [0.2, 0.25) is 0 Å². The molecule has 0 bridgehead atoms. The quantitative estimate of drug-likeness (QED) is 0.352. The lowest BCUT2D eigenvalue weighted by Crippen LogP contribution is -3.00. The topological polar surface area (TPSA) is 123 Å². The number of ether oxygens (including phenoxy) is 1. The number of pyridine rings is 1. The van der Waals surface area contributed by atoms with Gasteiger partial charge < -0.3 is 33.3 Å². The maximum Gasteiger partial charge on any atom is 0.409 e. The normalized spacial score (nSPS) is 9.37. The molecule has 8 nitrogen and oxygen atoms in total. The molecule has 9 heteroatoms. The van der Waals surface area contributed by atoms with Crippen LogP contribution in [0.1, 0.15) is 42.1 Å². The molecule has 30 heavy (non-hydrogen) atoms. The molecule has 0 aliphatic heterocycles. The number of nitrogens with zero attached hydrogens (tertiary/aromatic N) is 1. The van der Waals surface area contributed by atoms with Gasteiger partial charge in [-0.2, -0.15) is 4.57 Å². The van der Waals surface area contributed by atoms with E-state index in [4.69, 9.17) is 10.8 Å². The maximum absolute atomic E-state index is 11.7. The van der Waals surface area contributed by atoms with E-state index in [0.717, 1.165) is 0 Å². The minimum atomic E-state index is -0.894. The number of carboxylic acids is 1. The number of aromatic nitrogens is 1. The summed E-state index contributed by atoms with van der Waals surface area (Å²) in [7, 11) is 0. The Bertz CT molecular complexity index is 770. The van der Waals surface area contributed by atoms with E-state index in [0.29, 0.717) is 18.5 Å². The number of carboxylic acid groups (broad SMARTS) is 1. The molecule has 2 aromatic rings. The van der Waals surface area contributed by atoms with Crippen molar-refractivity contribution in [3.8, 4) is 0 Å². The number of benzene rings is 1. The van der Waals surface area contributed by atoms with E-state index in [1.807, 2.05) is 0 Å². The summed E-state index contributed by atoms with van der Waals surface area (Å²) in [6, 6.07) is 13.7. The van der Waals surface area contributed by atoms with Crippen molar-refractivity contribution in [1.29, 1.82) is 0 Å². The van der Waals surface area contributed by atoms with Crippen molar-refractivity contribution in [2.75, 3.05) is 6.54 Å². The second kappa shape index (κ2) is 15.8. The van der Waals surface area contributed by atoms with Crippen LogP contribution in [0.15, 0.2) is 54.9 Å². The number of hydrogen-bond acceptors (Lipinski definition) is 4. The molecule has 0 saturated carbocycles. The van der Waals surface area contributed by atoms with Crippen LogP contribution in [0, 0.1) is 0 Å². The van der Waals surface area contributed by atoms with E-state index < -0.39 is 12.1 Å². The lowest BCUT2D eigenvalue weighted by atomic mass is 10.1. The molecule has 0 fully saturated rings. The molecule has 164 valence electrons. The molecule has 0 unspecified atom stereocenters. The molecule has 0 aliphatic carbocycles. The number of aliphatic carboxylic acids is 1. The molecule has 1 aromatic heterocycles. The summed E-state index contributed by atoms with van der Waals surface area (Å²) in [5.74, 6) is -1.19. The van der Waals surface area contributed by atoms with Gasteiger partial charge in [0.05, 0.1) is 5.56 Å². The summed E-state index contributed by atoms with van der Waals surface area (Å²) >= 11 is 0. The van der Waals surface area contributed by atoms with Crippen LogP contribution in [-0.4, -0.2) is 29.6 Å². The Kier molecular flexibility index (Phi) is 14.1. The number of nitrogens with two attached hydrogens (primary N) is 1. The average molecular weight is 438 g/mol. The first kappa shape index (κ1) is 26.9. The first-order chi connectivity index (χ1) is 13.9. The maximum atomic E-state index is 11.7. The fourth-order valence-electron chi connectivity index (χ4n) is 2.31. The van der Waals surface area contributed by atoms with E-state index in [2.05, 4.69) is 47.3 Å². The summed E-state index contributed by atoms with van der Waals surface area (Å²) in [4.78, 5) is 32.4. The predicted octanol–water partition coefficient (Wildman–Crippen LogP) is -0.735. The van der Waals surface area contributed by atoms with Gasteiger partial charge in [-0.25, -0.2) is 4.79 Å². The van der Waals surface area contributed by atoms with Crippen LogP contribution in [0.4, 0.5) is 4.79 Å². The average Bonchev–Trinajstić information content (AvgIpc) is 2.71. The molecule has 0 saturated heterocycles. The molecular weight excluding hydrogens is 410 g/mol. The number of carbonyl (C=O) groups excluding carboxylic acids is 2. The fraction of sp³-hybridized carbons (Fsp3) is 0.333. The standard InChI is InChI=1S/C12H15N3O5.C9H12.ClH/c13-12(19)20-8-15-6-3-9(4-7-15)11(18)14-5-1-2-10(16)17;1-2-6-9-7-4-3-5-8-9;/h3-4,6-7H,1-2,5,8H2,(H3-,13,14,16,17,18,19);3-5,7-8H,2,6H2,1H3;1H. The van der Waals surface area contributed by atoms with Crippen LogP contribution in [0.25, 0.3) is 0 Å². The van der Waals surface area contributed by atoms with Gasteiger partial charge >= 0.3 is 12.1 Å². The van der Waals surface area contributed by atoms with Gasteiger partial charge in [-0.1, -0.05) is 43.7 Å². The van der Waals surface area contributed by atoms with E-state index in [-0.39, 0.29) is 31.5 Å². The third kappa shape index (κ3) is 12.4. The largest absolute Gasteiger partial charge is 1.00 e. The molecule has 1 heterocycles. The highest BCUT2D eigenvalue weighted by Gasteiger charge is 2.09. The third-order valence-electron chi connectivity index (χ3n) is 3.74. The van der Waals surface area contributed by atoms with Gasteiger partial charge in [0, 0.05) is 25.1 Å². The Morgan fingerprint density at radius 2 is 1.73 bits per heavy atom. The number of hydrogen-bond donors (Lipinski definition) is 3. The van der Waals surface area contributed by atoms with Gasteiger partial charge in [-0.05, 0) is 18.4 Å². The van der Waals surface area contributed by atoms with Gasteiger partial charge in [0.25, 0.3) is 12.6 Å². The molecular formula is C21H28ClN3O5. The molecule has 2 amide bonds. The minimum absolute atomic E-state index is 0. The number of aryl methyl sites for hydroxylation is 1. The van der Waals surface area contributed by atoms with Crippen molar-refractivity contribution in [1.82, 2.24) is 5.32 Å². The zero-order valence-electron chi connectivity index (χ0n) is 16.9. The number of halogens is 1. The second-order valence-corrected chi connectivity index (χ2v) is 6.18. The van der Waals surface area contributed by atoms with Gasteiger partial charge in [0.1, 0.15) is 0 Å². The van der Waals surface area contributed by atoms with Crippen LogP contribution in [-0.2, 0) is 22.7 Å². The third-order valence-corrected chi connectivity index (χ3v) is 3.74. The number of amides is 2. The van der Waals surface area contributed by atoms with Crippen LogP contribution < -0.4 is 28.0 Å². The van der Waals surface area contributed by atoms with E-state index >= 15 is 0 Å². The Labute approximate surface area is 182 Å². The van der Waals surface area contributed by atoms with Crippen molar-refractivity contribution < 1.29 is 41.2 Å². The highest BCUT2D eigenvalue weighted by atomic mass is 35.5. The minimum Gasteiger partial charge on any atom is -1.00 e. The predicted molar refractivity (Wildman–Crippen MR) is 107 cm³/mol. The summed E-state index contributed by atoms with van der Waals surface area (Å²) in [6.07, 6.45) is 5.09. The van der Waals surface area contributed by atoms with Crippen molar-refractivity contribution >= 4 is 18.0 Å². The fourth-order valence-corrected chi connectivity index (χ4v) is 2.31. The first-order valence-electron chi connectivity index (χ1n) is 9.37. The van der Waals surface area contributed by atoms with Crippen molar-refractivity contribution in [3.63, 3.8) is 0 Å². The highest BCUT2D eigenvalue weighted by Crippen LogP contribution is 2.00. The Morgan fingerprint density at radius 3 is 2.27 bits per heavy atom. The molecule has 0 atom stereocenters. The molecule has 0 radical (unpaired) electrons. The zero-order valence-corrected chi connectivity index (χ0v) is 17.7. The summed E-state index contributed by atoms with van der Waals surface area (Å²) < 4.78 is 6.11. The Hall–Kier alpha value is -3.13. The lowest BCUT2D eigenvalue weighted by molar-refractivity contribution is -0.727. The molecule has 0 spiro atoms. The second-order valence-electron chi connectivity index (χ2n) is 6.18. The summed E-state index contributed by atoms with van der Waals surface area (Å²) in [6.45, 7) is 2.47. The van der Waals surface area contributed by atoms with Crippen molar-refractivity contribution in [2.24, 2.45) is 5.73 Å². The van der Waals surface area contributed by atoms with Crippen LogP contribution in [0.3, 0.4) is 0 Å². The summed E-state index contributed by atoms with van der Waals surface area (Å²) in [5, 5.41) is 11.1. The Morgan fingerprint density at radius 1 is 1.10 bits per heavy atom. The van der Waals surface area contributed by atoms with Crippen LogP contribution >= 0.6 is 0 Å². The monoisotopic (exact) mass is 437 g/mol. The zero-order chi connectivity index (χ0) is 21.5. The highest BCUT2D eigenvalue weighted by molar-refractivity contribution is 5.93. The van der Waals surface area contributed by atoms with Crippen LogP contribution in [0.5, 0.6) is 0 Å².